The van der Waals surface area contributed by atoms with Gasteiger partial charge in [0.05, 0.1) is 18.8 Å². The van der Waals surface area contributed by atoms with Crippen LogP contribution in [0, 0.1) is 5.82 Å². The van der Waals surface area contributed by atoms with Crippen LogP contribution >= 0.6 is 0 Å². The molecule has 0 radical (unpaired) electrons. The lowest BCUT2D eigenvalue weighted by Gasteiger charge is -2.27. The Hall–Kier alpha value is -3.00. The number of carbonyl (C=O) groups excluding carboxylic acids is 2. The van der Waals surface area contributed by atoms with E-state index >= 15 is 0 Å². The summed E-state index contributed by atoms with van der Waals surface area (Å²) in [4.78, 5) is 32.1. The lowest BCUT2D eigenvalue weighted by atomic mass is 10.2. The number of ether oxygens (including phenoxy) is 2. The predicted octanol–water partition coefficient (Wildman–Crippen LogP) is 1.87. The fourth-order valence-corrected chi connectivity index (χ4v) is 2.76. The number of rotatable bonds is 6. The second-order valence-corrected chi connectivity index (χ2v) is 6.46. The minimum Gasteiger partial charge on any atom is -0.452 e. The van der Waals surface area contributed by atoms with Crippen LogP contribution in [0.4, 0.5) is 10.2 Å². The van der Waals surface area contributed by atoms with Crippen molar-refractivity contribution in [3.63, 3.8) is 0 Å². The maximum Gasteiger partial charge on any atom is 0.340 e. The molecule has 0 aliphatic carbocycles. The number of hydrogen-bond donors (Lipinski definition) is 0. The first kappa shape index (κ1) is 19.8. The Balaban J connectivity index is 1.48. The van der Waals surface area contributed by atoms with Crippen molar-refractivity contribution >= 4 is 17.7 Å². The van der Waals surface area contributed by atoms with E-state index in [9.17, 15) is 14.0 Å². The molecule has 8 heteroatoms. The number of amides is 1. The lowest BCUT2D eigenvalue weighted by Crippen LogP contribution is -2.36. The minimum absolute atomic E-state index is 0.283. The average Bonchev–Trinajstić information content (AvgIpc) is 2.74. The zero-order valence-corrected chi connectivity index (χ0v) is 15.6. The van der Waals surface area contributed by atoms with Crippen LogP contribution in [-0.2, 0) is 20.8 Å². The van der Waals surface area contributed by atoms with Crippen molar-refractivity contribution in [1.29, 1.82) is 0 Å². The quantitative estimate of drug-likeness (QED) is 0.705. The van der Waals surface area contributed by atoms with E-state index < -0.39 is 5.97 Å². The van der Waals surface area contributed by atoms with E-state index in [0.29, 0.717) is 19.8 Å². The molecule has 1 fully saturated rings. The molecule has 0 unspecified atom stereocenters. The van der Waals surface area contributed by atoms with Gasteiger partial charge in [0, 0.05) is 32.9 Å². The van der Waals surface area contributed by atoms with Crippen molar-refractivity contribution in [2.75, 3.05) is 44.9 Å². The summed E-state index contributed by atoms with van der Waals surface area (Å²) in [5.41, 5.74) is 1.07. The highest BCUT2D eigenvalue weighted by molar-refractivity contribution is 5.91. The van der Waals surface area contributed by atoms with E-state index in [1.807, 2.05) is 0 Å². The number of anilines is 1. The molecular formula is C20H22FN3O4. The van der Waals surface area contributed by atoms with E-state index in [1.54, 1.807) is 31.3 Å². The topological polar surface area (TPSA) is 72.0 Å². The Morgan fingerprint density at radius 2 is 1.89 bits per heavy atom. The molecule has 0 atom stereocenters. The van der Waals surface area contributed by atoms with E-state index in [0.717, 1.165) is 24.5 Å². The second-order valence-electron chi connectivity index (χ2n) is 6.46. The third-order valence-corrected chi connectivity index (χ3v) is 4.40. The molecule has 1 aliphatic heterocycles. The summed E-state index contributed by atoms with van der Waals surface area (Å²) in [6.45, 7) is 2.74. The number of benzene rings is 1. The molecule has 7 nitrogen and oxygen atoms in total. The van der Waals surface area contributed by atoms with E-state index in [-0.39, 0.29) is 23.9 Å². The molecule has 28 heavy (non-hydrogen) atoms. The molecule has 3 rings (SSSR count). The highest BCUT2D eigenvalue weighted by atomic mass is 19.1. The molecule has 0 N–H and O–H groups in total. The molecule has 1 aliphatic rings. The number of morpholine rings is 1. The van der Waals surface area contributed by atoms with E-state index in [4.69, 9.17) is 9.47 Å². The van der Waals surface area contributed by atoms with Gasteiger partial charge < -0.3 is 19.3 Å². The average molecular weight is 387 g/mol. The Labute approximate surface area is 162 Å². The monoisotopic (exact) mass is 387 g/mol. The molecule has 0 saturated carbocycles. The summed E-state index contributed by atoms with van der Waals surface area (Å²) in [5.74, 6) is -0.519. The van der Waals surface area contributed by atoms with Gasteiger partial charge in [-0.2, -0.15) is 0 Å². The van der Waals surface area contributed by atoms with Crippen molar-refractivity contribution in [1.82, 2.24) is 9.88 Å². The van der Waals surface area contributed by atoms with Gasteiger partial charge in [-0.1, -0.05) is 12.1 Å². The molecule has 1 amide bonds. The van der Waals surface area contributed by atoms with Gasteiger partial charge in [-0.3, -0.25) is 4.79 Å². The van der Waals surface area contributed by atoms with Crippen LogP contribution in [0.15, 0.2) is 42.6 Å². The number of hydrogen-bond acceptors (Lipinski definition) is 6. The van der Waals surface area contributed by atoms with Crippen LogP contribution in [0.3, 0.4) is 0 Å². The van der Waals surface area contributed by atoms with Gasteiger partial charge >= 0.3 is 5.97 Å². The zero-order chi connectivity index (χ0) is 19.9. The van der Waals surface area contributed by atoms with Crippen LogP contribution in [0.25, 0.3) is 0 Å². The summed E-state index contributed by atoms with van der Waals surface area (Å²) >= 11 is 0. The molecule has 1 aromatic heterocycles. The second kappa shape index (κ2) is 9.27. The van der Waals surface area contributed by atoms with Crippen molar-refractivity contribution in [2.24, 2.45) is 0 Å². The van der Waals surface area contributed by atoms with Gasteiger partial charge in [0.1, 0.15) is 11.6 Å². The van der Waals surface area contributed by atoms with Gasteiger partial charge in [-0.25, -0.2) is 14.2 Å². The first-order chi connectivity index (χ1) is 13.5. The first-order valence-electron chi connectivity index (χ1n) is 8.97. The van der Waals surface area contributed by atoms with E-state index in [2.05, 4.69) is 9.88 Å². The van der Waals surface area contributed by atoms with Crippen LogP contribution in [-0.4, -0.2) is 61.7 Å². The standard InChI is InChI=1S/C20H22FN3O4/c1-23(13-15-2-5-17(21)6-3-15)19(25)14-28-20(26)16-4-7-18(22-12-16)24-8-10-27-11-9-24/h2-7,12H,8-11,13-14H2,1H3. The summed E-state index contributed by atoms with van der Waals surface area (Å²) in [6.07, 6.45) is 1.44. The molecule has 2 heterocycles. The third-order valence-electron chi connectivity index (χ3n) is 4.40. The number of pyridine rings is 1. The zero-order valence-electron chi connectivity index (χ0n) is 15.6. The van der Waals surface area contributed by atoms with Crippen LogP contribution < -0.4 is 4.90 Å². The maximum atomic E-state index is 12.9. The molecule has 2 aromatic rings. The summed E-state index contributed by atoms with van der Waals surface area (Å²) in [6, 6.07) is 9.26. The van der Waals surface area contributed by atoms with Crippen molar-refractivity contribution in [3.8, 4) is 0 Å². The van der Waals surface area contributed by atoms with Crippen LogP contribution in [0.5, 0.6) is 0 Å². The molecule has 1 aromatic carbocycles. The minimum atomic E-state index is -0.607. The normalized spacial score (nSPS) is 13.9. The van der Waals surface area contributed by atoms with E-state index in [1.165, 1.54) is 23.2 Å². The van der Waals surface area contributed by atoms with Gasteiger partial charge in [0.15, 0.2) is 6.61 Å². The smallest absolute Gasteiger partial charge is 0.340 e. The Morgan fingerprint density at radius 3 is 2.54 bits per heavy atom. The highest BCUT2D eigenvalue weighted by Crippen LogP contribution is 2.13. The summed E-state index contributed by atoms with van der Waals surface area (Å²) < 4.78 is 23.3. The fourth-order valence-electron chi connectivity index (χ4n) is 2.76. The number of esters is 1. The largest absolute Gasteiger partial charge is 0.452 e. The van der Waals surface area contributed by atoms with Crippen molar-refractivity contribution in [3.05, 3.63) is 59.5 Å². The first-order valence-corrected chi connectivity index (χ1v) is 8.97. The Kier molecular flexibility index (Phi) is 6.54. The van der Waals surface area contributed by atoms with Crippen molar-refractivity contribution in [2.45, 2.75) is 6.54 Å². The molecular weight excluding hydrogens is 365 g/mol. The Morgan fingerprint density at radius 1 is 1.18 bits per heavy atom. The number of halogens is 1. The predicted molar refractivity (Wildman–Crippen MR) is 100 cm³/mol. The number of likely N-dealkylation sites (N-methyl/N-ethyl adjacent to an activating group) is 1. The maximum absolute atomic E-state index is 12.9. The Bertz CT molecular complexity index is 805. The van der Waals surface area contributed by atoms with Gasteiger partial charge in [-0.05, 0) is 29.8 Å². The SMILES string of the molecule is CN(Cc1ccc(F)cc1)C(=O)COC(=O)c1ccc(N2CCOCC2)nc1. The van der Waals surface area contributed by atoms with Crippen molar-refractivity contribution < 1.29 is 23.5 Å². The fraction of sp³-hybridized carbons (Fsp3) is 0.350. The third kappa shape index (κ3) is 5.26. The molecule has 0 bridgehead atoms. The van der Waals surface area contributed by atoms with Crippen LogP contribution in [0.1, 0.15) is 15.9 Å². The summed E-state index contributed by atoms with van der Waals surface area (Å²) in [7, 11) is 1.60. The lowest BCUT2D eigenvalue weighted by molar-refractivity contribution is -0.133. The summed E-state index contributed by atoms with van der Waals surface area (Å²) in [5, 5.41) is 0. The molecule has 0 spiro atoms. The van der Waals surface area contributed by atoms with Gasteiger partial charge in [0.25, 0.3) is 5.91 Å². The number of carbonyl (C=O) groups is 2. The van der Waals surface area contributed by atoms with Gasteiger partial charge in [0.2, 0.25) is 0 Å². The van der Waals surface area contributed by atoms with Gasteiger partial charge in [-0.15, -0.1) is 0 Å². The number of nitrogens with zero attached hydrogens (tertiary/aromatic N) is 3. The molecule has 148 valence electrons. The highest BCUT2D eigenvalue weighted by Gasteiger charge is 2.16. The molecule has 1 saturated heterocycles. The number of aromatic nitrogens is 1. The van der Waals surface area contributed by atoms with Crippen LogP contribution in [0.2, 0.25) is 0 Å².